The van der Waals surface area contributed by atoms with Crippen molar-refractivity contribution < 1.29 is 14.6 Å². The van der Waals surface area contributed by atoms with Crippen molar-refractivity contribution in [2.45, 2.75) is 6.92 Å². The Kier molecular flexibility index (Phi) is 3.33. The average Bonchev–Trinajstić information content (AvgIpc) is 2.39. The summed E-state index contributed by atoms with van der Waals surface area (Å²) in [5, 5.41) is 9.51. The van der Waals surface area contributed by atoms with Crippen LogP contribution in [-0.4, -0.2) is 18.0 Å². The lowest BCUT2D eigenvalue weighted by Gasteiger charge is -2.07. The molecule has 0 saturated carbocycles. The highest BCUT2D eigenvalue weighted by Crippen LogP contribution is 2.27. The van der Waals surface area contributed by atoms with Crippen molar-refractivity contribution in [3.05, 3.63) is 59.2 Å². The van der Waals surface area contributed by atoms with E-state index in [1.54, 1.807) is 18.2 Å². The van der Waals surface area contributed by atoms with Gasteiger partial charge in [0.25, 0.3) is 0 Å². The van der Waals surface area contributed by atoms with E-state index in [2.05, 4.69) is 0 Å². The molecule has 0 unspecified atom stereocenters. The SMILES string of the molecule is COc1cc(C(=O)c2ccccc2C)ccc1O. The van der Waals surface area contributed by atoms with E-state index in [4.69, 9.17) is 4.74 Å². The standard InChI is InChI=1S/C15H14O3/c1-10-5-3-4-6-12(10)15(17)11-7-8-13(16)14(9-11)18-2/h3-9,16H,1-2H3. The van der Waals surface area contributed by atoms with Crippen molar-refractivity contribution >= 4 is 5.78 Å². The van der Waals surface area contributed by atoms with E-state index in [-0.39, 0.29) is 11.5 Å². The lowest BCUT2D eigenvalue weighted by atomic mass is 9.99. The van der Waals surface area contributed by atoms with Gasteiger partial charge in [0.1, 0.15) is 0 Å². The molecule has 0 atom stereocenters. The van der Waals surface area contributed by atoms with Crippen LogP contribution in [0.3, 0.4) is 0 Å². The molecule has 0 aliphatic carbocycles. The number of carbonyl (C=O) groups excluding carboxylic acids is 1. The zero-order valence-corrected chi connectivity index (χ0v) is 10.3. The third-order valence-electron chi connectivity index (χ3n) is 2.83. The predicted octanol–water partition coefficient (Wildman–Crippen LogP) is 2.94. The molecule has 3 heteroatoms. The molecule has 0 aliphatic heterocycles. The normalized spacial score (nSPS) is 10.1. The Bertz CT molecular complexity index is 588. The first-order valence-corrected chi connectivity index (χ1v) is 5.61. The Morgan fingerprint density at radius 3 is 2.56 bits per heavy atom. The number of rotatable bonds is 3. The van der Waals surface area contributed by atoms with E-state index in [1.165, 1.54) is 13.2 Å². The molecule has 2 aromatic carbocycles. The molecule has 0 bridgehead atoms. The van der Waals surface area contributed by atoms with Crippen molar-refractivity contribution in [1.29, 1.82) is 0 Å². The van der Waals surface area contributed by atoms with Gasteiger partial charge in [0.15, 0.2) is 17.3 Å². The van der Waals surface area contributed by atoms with Crippen LogP contribution in [0.2, 0.25) is 0 Å². The molecule has 0 spiro atoms. The highest BCUT2D eigenvalue weighted by atomic mass is 16.5. The van der Waals surface area contributed by atoms with Crippen LogP contribution < -0.4 is 4.74 Å². The fourth-order valence-corrected chi connectivity index (χ4v) is 1.80. The minimum Gasteiger partial charge on any atom is -0.504 e. The van der Waals surface area contributed by atoms with Crippen molar-refractivity contribution in [2.75, 3.05) is 7.11 Å². The number of hydrogen-bond acceptors (Lipinski definition) is 3. The third kappa shape index (κ3) is 2.20. The summed E-state index contributed by atoms with van der Waals surface area (Å²) in [6.07, 6.45) is 0. The predicted molar refractivity (Wildman–Crippen MR) is 69.3 cm³/mol. The Balaban J connectivity index is 2.44. The van der Waals surface area contributed by atoms with Gasteiger partial charge in [-0.1, -0.05) is 24.3 Å². The summed E-state index contributed by atoms with van der Waals surface area (Å²) in [5.41, 5.74) is 2.08. The topological polar surface area (TPSA) is 46.5 Å². The monoisotopic (exact) mass is 242 g/mol. The molecule has 0 heterocycles. The molecule has 0 aliphatic rings. The van der Waals surface area contributed by atoms with Gasteiger partial charge in [0.05, 0.1) is 7.11 Å². The average molecular weight is 242 g/mol. The van der Waals surface area contributed by atoms with Crippen LogP contribution in [0.4, 0.5) is 0 Å². The Labute approximate surface area is 106 Å². The minimum atomic E-state index is -0.0774. The van der Waals surface area contributed by atoms with Gasteiger partial charge in [-0.05, 0) is 30.7 Å². The zero-order chi connectivity index (χ0) is 13.1. The van der Waals surface area contributed by atoms with Crippen molar-refractivity contribution in [1.82, 2.24) is 0 Å². The number of ether oxygens (including phenoxy) is 1. The number of carbonyl (C=O) groups is 1. The van der Waals surface area contributed by atoms with Crippen molar-refractivity contribution in [3.8, 4) is 11.5 Å². The summed E-state index contributed by atoms with van der Waals surface area (Å²) in [7, 11) is 1.46. The van der Waals surface area contributed by atoms with Crippen LogP contribution in [-0.2, 0) is 0 Å². The molecule has 92 valence electrons. The maximum absolute atomic E-state index is 12.3. The Hall–Kier alpha value is -2.29. The minimum absolute atomic E-state index is 0.0267. The van der Waals surface area contributed by atoms with Crippen LogP contribution >= 0.6 is 0 Å². The van der Waals surface area contributed by atoms with Gasteiger partial charge in [-0.3, -0.25) is 4.79 Å². The molecule has 1 N–H and O–H groups in total. The smallest absolute Gasteiger partial charge is 0.193 e. The lowest BCUT2D eigenvalue weighted by Crippen LogP contribution is -2.03. The summed E-state index contributed by atoms with van der Waals surface area (Å²) >= 11 is 0. The number of phenols is 1. The first kappa shape index (κ1) is 12.2. The summed E-state index contributed by atoms with van der Waals surface area (Å²) in [5.74, 6) is 0.250. The van der Waals surface area contributed by atoms with Gasteiger partial charge in [-0.2, -0.15) is 0 Å². The van der Waals surface area contributed by atoms with E-state index in [0.29, 0.717) is 16.9 Å². The summed E-state index contributed by atoms with van der Waals surface area (Å²) in [6, 6.07) is 12.0. The Morgan fingerprint density at radius 1 is 1.17 bits per heavy atom. The number of methoxy groups -OCH3 is 1. The van der Waals surface area contributed by atoms with Crippen LogP contribution in [0, 0.1) is 6.92 Å². The highest BCUT2D eigenvalue weighted by Gasteiger charge is 2.13. The number of ketones is 1. The van der Waals surface area contributed by atoms with Gasteiger partial charge in [0.2, 0.25) is 0 Å². The fraction of sp³-hybridized carbons (Fsp3) is 0.133. The van der Waals surface area contributed by atoms with Crippen LogP contribution in [0.25, 0.3) is 0 Å². The number of aromatic hydroxyl groups is 1. The van der Waals surface area contributed by atoms with Gasteiger partial charge in [-0.25, -0.2) is 0 Å². The van der Waals surface area contributed by atoms with Gasteiger partial charge in [-0.15, -0.1) is 0 Å². The molecule has 3 nitrogen and oxygen atoms in total. The molecular formula is C15H14O3. The molecule has 0 radical (unpaired) electrons. The summed E-state index contributed by atoms with van der Waals surface area (Å²) < 4.78 is 5.00. The Morgan fingerprint density at radius 2 is 1.89 bits per heavy atom. The number of aryl methyl sites for hydroxylation is 1. The maximum atomic E-state index is 12.3. The molecule has 0 fully saturated rings. The van der Waals surface area contributed by atoms with Crippen LogP contribution in [0.15, 0.2) is 42.5 Å². The molecule has 2 rings (SSSR count). The maximum Gasteiger partial charge on any atom is 0.193 e. The molecule has 18 heavy (non-hydrogen) atoms. The van der Waals surface area contributed by atoms with E-state index < -0.39 is 0 Å². The van der Waals surface area contributed by atoms with Crippen molar-refractivity contribution in [2.24, 2.45) is 0 Å². The van der Waals surface area contributed by atoms with E-state index >= 15 is 0 Å². The molecule has 0 amide bonds. The third-order valence-corrected chi connectivity index (χ3v) is 2.83. The first-order valence-electron chi connectivity index (χ1n) is 5.61. The largest absolute Gasteiger partial charge is 0.504 e. The quantitative estimate of drug-likeness (QED) is 0.842. The zero-order valence-electron chi connectivity index (χ0n) is 10.3. The summed E-state index contributed by atoms with van der Waals surface area (Å²) in [4.78, 5) is 12.3. The highest BCUT2D eigenvalue weighted by molar-refractivity contribution is 6.10. The second kappa shape index (κ2) is 4.92. The summed E-state index contributed by atoms with van der Waals surface area (Å²) in [6.45, 7) is 1.89. The number of benzene rings is 2. The van der Waals surface area contributed by atoms with Crippen LogP contribution in [0.1, 0.15) is 21.5 Å². The number of phenolic OH excluding ortho intramolecular Hbond substituents is 1. The molecule has 0 saturated heterocycles. The van der Waals surface area contributed by atoms with E-state index in [9.17, 15) is 9.90 Å². The number of hydrogen-bond donors (Lipinski definition) is 1. The van der Waals surface area contributed by atoms with E-state index in [0.717, 1.165) is 5.56 Å². The second-order valence-corrected chi connectivity index (χ2v) is 4.03. The molecule has 2 aromatic rings. The van der Waals surface area contributed by atoms with E-state index in [1.807, 2.05) is 25.1 Å². The molecule has 0 aromatic heterocycles. The van der Waals surface area contributed by atoms with Gasteiger partial charge < -0.3 is 9.84 Å². The van der Waals surface area contributed by atoms with Crippen molar-refractivity contribution in [3.63, 3.8) is 0 Å². The van der Waals surface area contributed by atoms with Gasteiger partial charge >= 0.3 is 0 Å². The first-order chi connectivity index (χ1) is 8.63. The van der Waals surface area contributed by atoms with Gasteiger partial charge in [0, 0.05) is 11.1 Å². The lowest BCUT2D eigenvalue weighted by molar-refractivity contribution is 0.103. The fourth-order valence-electron chi connectivity index (χ4n) is 1.80. The molecular weight excluding hydrogens is 228 g/mol. The van der Waals surface area contributed by atoms with Crippen LogP contribution in [0.5, 0.6) is 11.5 Å². The second-order valence-electron chi connectivity index (χ2n) is 4.03.